The van der Waals surface area contributed by atoms with Crippen LogP contribution in [0.3, 0.4) is 0 Å². The van der Waals surface area contributed by atoms with E-state index in [4.69, 9.17) is 4.74 Å². The largest absolute Gasteiger partial charge is 0.497 e. The first-order valence-corrected chi connectivity index (χ1v) is 6.74. The molecule has 3 nitrogen and oxygen atoms in total. The highest BCUT2D eigenvalue weighted by Gasteiger charge is 2.22. The Bertz CT molecular complexity index is 355. The summed E-state index contributed by atoms with van der Waals surface area (Å²) in [6.07, 6.45) is 3.80. The van der Waals surface area contributed by atoms with E-state index in [1.807, 2.05) is 12.1 Å². The molecule has 1 saturated heterocycles. The second-order valence-corrected chi connectivity index (χ2v) is 5.28. The third-order valence-corrected chi connectivity index (χ3v) is 3.79. The lowest BCUT2D eigenvalue weighted by Crippen LogP contribution is -2.29. The molecule has 100 valence electrons. The fourth-order valence-corrected chi connectivity index (χ4v) is 2.70. The fraction of sp³-hybridized carbons (Fsp3) is 0.600. The Hall–Kier alpha value is -1.06. The van der Waals surface area contributed by atoms with Crippen LogP contribution in [0, 0.1) is 0 Å². The van der Waals surface area contributed by atoms with Crippen LogP contribution in [-0.2, 0) is 0 Å². The van der Waals surface area contributed by atoms with Gasteiger partial charge in [0.2, 0.25) is 0 Å². The fourth-order valence-electron chi connectivity index (χ4n) is 2.70. The second-order valence-electron chi connectivity index (χ2n) is 5.28. The minimum atomic E-state index is 0.478. The van der Waals surface area contributed by atoms with Gasteiger partial charge in [0, 0.05) is 12.1 Å². The molecule has 0 aliphatic carbocycles. The van der Waals surface area contributed by atoms with Crippen molar-refractivity contribution in [2.24, 2.45) is 0 Å². The summed E-state index contributed by atoms with van der Waals surface area (Å²) in [6, 6.07) is 9.60. The van der Waals surface area contributed by atoms with Crippen LogP contribution < -0.4 is 10.1 Å². The molecule has 1 aromatic carbocycles. The summed E-state index contributed by atoms with van der Waals surface area (Å²) in [5, 5.41) is 3.58. The first kappa shape index (κ1) is 13.4. The summed E-state index contributed by atoms with van der Waals surface area (Å²) < 4.78 is 5.22. The van der Waals surface area contributed by atoms with Gasteiger partial charge in [-0.15, -0.1) is 0 Å². The summed E-state index contributed by atoms with van der Waals surface area (Å²) in [6.45, 7) is 1.17. The van der Waals surface area contributed by atoms with Gasteiger partial charge in [-0.05, 0) is 57.6 Å². The molecule has 0 aromatic heterocycles. The number of ether oxygens (including phenoxy) is 1. The highest BCUT2D eigenvalue weighted by atomic mass is 16.5. The van der Waals surface area contributed by atoms with E-state index < -0.39 is 0 Å². The number of rotatable bonds is 5. The predicted octanol–water partition coefficient (Wildman–Crippen LogP) is 2.44. The van der Waals surface area contributed by atoms with Crippen molar-refractivity contribution in [2.75, 3.05) is 27.7 Å². The molecule has 1 aromatic rings. The molecule has 1 heterocycles. The molecule has 18 heavy (non-hydrogen) atoms. The zero-order valence-corrected chi connectivity index (χ0v) is 11.6. The van der Waals surface area contributed by atoms with E-state index in [1.165, 1.54) is 31.4 Å². The number of hydrogen-bond donors (Lipinski definition) is 1. The molecule has 0 saturated carbocycles. The SMILES string of the molecule is COc1ccc(C(CC2CCCN2)N(C)C)cc1. The number of benzene rings is 1. The molecule has 1 aliphatic heterocycles. The molecular formula is C15H24N2O. The topological polar surface area (TPSA) is 24.5 Å². The number of nitrogens with zero attached hydrogens (tertiary/aromatic N) is 1. The number of hydrogen-bond acceptors (Lipinski definition) is 3. The van der Waals surface area contributed by atoms with Gasteiger partial charge in [0.25, 0.3) is 0 Å². The molecule has 0 amide bonds. The summed E-state index contributed by atoms with van der Waals surface area (Å²) in [7, 11) is 6.02. The van der Waals surface area contributed by atoms with Gasteiger partial charge in [0.05, 0.1) is 7.11 Å². The van der Waals surface area contributed by atoms with Gasteiger partial charge in [-0.1, -0.05) is 12.1 Å². The van der Waals surface area contributed by atoms with E-state index >= 15 is 0 Å². The van der Waals surface area contributed by atoms with Crippen LogP contribution in [0.15, 0.2) is 24.3 Å². The van der Waals surface area contributed by atoms with Gasteiger partial charge in [0.1, 0.15) is 5.75 Å². The maximum atomic E-state index is 5.22. The van der Waals surface area contributed by atoms with Crippen molar-refractivity contribution in [1.29, 1.82) is 0 Å². The van der Waals surface area contributed by atoms with Crippen LogP contribution in [0.1, 0.15) is 30.9 Å². The molecule has 2 unspecified atom stereocenters. The summed E-state index contributed by atoms with van der Waals surface area (Å²) >= 11 is 0. The maximum Gasteiger partial charge on any atom is 0.118 e. The summed E-state index contributed by atoms with van der Waals surface area (Å²) in [5.41, 5.74) is 1.37. The van der Waals surface area contributed by atoms with Crippen LogP contribution in [0.25, 0.3) is 0 Å². The van der Waals surface area contributed by atoms with Crippen molar-refractivity contribution in [1.82, 2.24) is 10.2 Å². The van der Waals surface area contributed by atoms with Gasteiger partial charge < -0.3 is 15.0 Å². The Morgan fingerprint density at radius 2 is 2.06 bits per heavy atom. The zero-order chi connectivity index (χ0) is 13.0. The van der Waals surface area contributed by atoms with Crippen molar-refractivity contribution in [3.63, 3.8) is 0 Å². The highest BCUT2D eigenvalue weighted by molar-refractivity contribution is 5.29. The van der Waals surface area contributed by atoms with Gasteiger partial charge in [0.15, 0.2) is 0 Å². The van der Waals surface area contributed by atoms with E-state index in [0.717, 1.165) is 5.75 Å². The van der Waals surface area contributed by atoms with E-state index in [0.29, 0.717) is 12.1 Å². The lowest BCUT2D eigenvalue weighted by Gasteiger charge is -2.27. The molecule has 0 bridgehead atoms. The second kappa shape index (κ2) is 6.21. The van der Waals surface area contributed by atoms with Crippen molar-refractivity contribution >= 4 is 0 Å². The standard InChI is InChI=1S/C15H24N2O/c1-17(2)15(11-13-5-4-10-16-13)12-6-8-14(18-3)9-7-12/h6-9,13,15-16H,4-5,10-11H2,1-3H3. The predicted molar refractivity (Wildman–Crippen MR) is 75.1 cm³/mol. The minimum absolute atomic E-state index is 0.478. The molecule has 1 fully saturated rings. The van der Waals surface area contributed by atoms with Crippen LogP contribution in [0.2, 0.25) is 0 Å². The number of methoxy groups -OCH3 is 1. The third-order valence-electron chi connectivity index (χ3n) is 3.79. The van der Waals surface area contributed by atoms with Gasteiger partial charge in [-0.25, -0.2) is 0 Å². The Balaban J connectivity index is 2.07. The van der Waals surface area contributed by atoms with E-state index in [-0.39, 0.29) is 0 Å². The molecule has 1 aliphatic rings. The molecule has 1 N–H and O–H groups in total. The number of nitrogens with one attached hydrogen (secondary N) is 1. The zero-order valence-electron chi connectivity index (χ0n) is 11.6. The maximum absolute atomic E-state index is 5.22. The molecule has 3 heteroatoms. The van der Waals surface area contributed by atoms with Gasteiger partial charge in [-0.3, -0.25) is 0 Å². The average Bonchev–Trinajstić information content (AvgIpc) is 2.89. The van der Waals surface area contributed by atoms with E-state index in [2.05, 4.69) is 36.4 Å². The molecular weight excluding hydrogens is 224 g/mol. The monoisotopic (exact) mass is 248 g/mol. The highest BCUT2D eigenvalue weighted by Crippen LogP contribution is 2.27. The molecule has 0 radical (unpaired) electrons. The normalized spacial score (nSPS) is 21.2. The molecule has 0 spiro atoms. The lowest BCUT2D eigenvalue weighted by molar-refractivity contribution is 0.262. The van der Waals surface area contributed by atoms with E-state index in [1.54, 1.807) is 7.11 Å². The Morgan fingerprint density at radius 1 is 1.33 bits per heavy atom. The molecule has 2 atom stereocenters. The summed E-state index contributed by atoms with van der Waals surface area (Å²) in [4.78, 5) is 2.31. The Kier molecular flexibility index (Phi) is 4.61. The first-order valence-electron chi connectivity index (χ1n) is 6.74. The van der Waals surface area contributed by atoms with Crippen LogP contribution in [-0.4, -0.2) is 38.7 Å². The van der Waals surface area contributed by atoms with E-state index in [9.17, 15) is 0 Å². The van der Waals surface area contributed by atoms with Crippen molar-refractivity contribution in [2.45, 2.75) is 31.3 Å². The minimum Gasteiger partial charge on any atom is -0.497 e. The Morgan fingerprint density at radius 3 is 2.56 bits per heavy atom. The Labute approximate surface area is 110 Å². The first-order chi connectivity index (χ1) is 8.70. The quantitative estimate of drug-likeness (QED) is 0.866. The van der Waals surface area contributed by atoms with Crippen molar-refractivity contribution in [3.8, 4) is 5.75 Å². The third kappa shape index (κ3) is 3.24. The smallest absolute Gasteiger partial charge is 0.118 e. The molecule has 2 rings (SSSR count). The average molecular weight is 248 g/mol. The van der Waals surface area contributed by atoms with Gasteiger partial charge in [-0.2, -0.15) is 0 Å². The van der Waals surface area contributed by atoms with Crippen molar-refractivity contribution in [3.05, 3.63) is 29.8 Å². The van der Waals surface area contributed by atoms with Crippen LogP contribution in [0.4, 0.5) is 0 Å². The van der Waals surface area contributed by atoms with Gasteiger partial charge >= 0.3 is 0 Å². The summed E-state index contributed by atoms with van der Waals surface area (Å²) in [5.74, 6) is 0.926. The lowest BCUT2D eigenvalue weighted by atomic mass is 9.97. The van der Waals surface area contributed by atoms with Crippen LogP contribution in [0.5, 0.6) is 5.75 Å². The van der Waals surface area contributed by atoms with Crippen LogP contribution >= 0.6 is 0 Å². The van der Waals surface area contributed by atoms with Crippen molar-refractivity contribution < 1.29 is 4.74 Å².